The zero-order valence-electron chi connectivity index (χ0n) is 19.0. The van der Waals surface area contributed by atoms with Crippen LogP contribution in [0.15, 0.2) is 48.5 Å². The minimum Gasteiger partial charge on any atom is -0.454 e. The van der Waals surface area contributed by atoms with Crippen LogP contribution in [0.4, 0.5) is 0 Å². The smallest absolute Gasteiger partial charge is 0.329 e. The molecule has 7 heteroatoms. The normalized spacial score (nSPS) is 14.2. The molecule has 32 heavy (non-hydrogen) atoms. The third kappa shape index (κ3) is 4.72. The molecule has 0 fully saturated rings. The topological polar surface area (TPSA) is 84.0 Å². The first-order chi connectivity index (χ1) is 15.0. The molecule has 0 saturated heterocycles. The molecule has 1 atom stereocenters. The fourth-order valence-corrected chi connectivity index (χ4v) is 3.63. The number of fused-ring (bicyclic) bond motifs is 1. The lowest BCUT2D eigenvalue weighted by molar-refractivity contribution is -0.157. The summed E-state index contributed by atoms with van der Waals surface area (Å²) in [6, 6.07) is 13.3. The van der Waals surface area contributed by atoms with E-state index < -0.39 is 36.0 Å². The Bertz CT molecular complexity index is 1060. The van der Waals surface area contributed by atoms with Crippen molar-refractivity contribution in [3.63, 3.8) is 0 Å². The lowest BCUT2D eigenvalue weighted by Crippen LogP contribution is -2.48. The molecule has 2 aromatic carbocycles. The maximum absolute atomic E-state index is 12.9. The predicted molar refractivity (Wildman–Crippen MR) is 119 cm³/mol. The molecule has 3 rings (SSSR count). The van der Waals surface area contributed by atoms with Gasteiger partial charge in [0.05, 0.1) is 11.1 Å². The van der Waals surface area contributed by atoms with Crippen molar-refractivity contribution >= 4 is 23.7 Å². The monoisotopic (exact) mass is 436 g/mol. The summed E-state index contributed by atoms with van der Waals surface area (Å²) >= 11 is 0. The highest BCUT2D eigenvalue weighted by Crippen LogP contribution is 2.26. The molecule has 0 aliphatic carbocycles. The van der Waals surface area contributed by atoms with E-state index in [4.69, 9.17) is 4.74 Å². The molecule has 2 aromatic rings. The number of benzene rings is 2. The van der Waals surface area contributed by atoms with Gasteiger partial charge in [-0.05, 0) is 52.3 Å². The van der Waals surface area contributed by atoms with E-state index in [0.29, 0.717) is 6.54 Å². The van der Waals surface area contributed by atoms with E-state index in [1.54, 1.807) is 23.1 Å². The fourth-order valence-electron chi connectivity index (χ4n) is 3.63. The molecule has 3 amide bonds. The van der Waals surface area contributed by atoms with Gasteiger partial charge in [-0.15, -0.1) is 0 Å². The first kappa shape index (κ1) is 23.2. The molecule has 0 radical (unpaired) electrons. The molecule has 1 heterocycles. The SMILES string of the molecule is Cc1ccc2c(c1)C(=O)N(C(C)C(=O)OCC(=O)N(Cc1ccccc1)C(C)(C)C)C2=O. The van der Waals surface area contributed by atoms with Gasteiger partial charge in [0.1, 0.15) is 6.04 Å². The number of hydrogen-bond acceptors (Lipinski definition) is 5. The van der Waals surface area contributed by atoms with E-state index in [0.717, 1.165) is 16.0 Å². The van der Waals surface area contributed by atoms with Gasteiger partial charge < -0.3 is 9.64 Å². The van der Waals surface area contributed by atoms with Crippen LogP contribution in [0.2, 0.25) is 0 Å². The summed E-state index contributed by atoms with van der Waals surface area (Å²) in [5.41, 5.74) is 1.83. The van der Waals surface area contributed by atoms with Crippen molar-refractivity contribution < 1.29 is 23.9 Å². The quantitative estimate of drug-likeness (QED) is 0.512. The Morgan fingerprint density at radius 3 is 2.25 bits per heavy atom. The van der Waals surface area contributed by atoms with Crippen molar-refractivity contribution in [3.05, 3.63) is 70.8 Å². The van der Waals surface area contributed by atoms with Crippen LogP contribution >= 0.6 is 0 Å². The van der Waals surface area contributed by atoms with Crippen LogP contribution in [0.1, 0.15) is 59.5 Å². The van der Waals surface area contributed by atoms with Crippen LogP contribution in [0, 0.1) is 6.92 Å². The van der Waals surface area contributed by atoms with Crippen molar-refractivity contribution in [1.82, 2.24) is 9.80 Å². The number of imide groups is 1. The number of carbonyl (C=O) groups excluding carboxylic acids is 4. The largest absolute Gasteiger partial charge is 0.454 e. The van der Waals surface area contributed by atoms with E-state index in [2.05, 4.69) is 0 Å². The molecule has 0 bridgehead atoms. The summed E-state index contributed by atoms with van der Waals surface area (Å²) < 4.78 is 5.23. The van der Waals surface area contributed by atoms with Gasteiger partial charge in [0.15, 0.2) is 6.61 Å². The van der Waals surface area contributed by atoms with Crippen molar-refractivity contribution in [2.24, 2.45) is 0 Å². The molecular weight excluding hydrogens is 408 g/mol. The Kier molecular flexibility index (Phi) is 6.48. The third-order valence-electron chi connectivity index (χ3n) is 5.43. The summed E-state index contributed by atoms with van der Waals surface area (Å²) in [5, 5.41) is 0. The maximum Gasteiger partial charge on any atom is 0.329 e. The van der Waals surface area contributed by atoms with Crippen molar-refractivity contribution in [3.8, 4) is 0 Å². The minimum atomic E-state index is -1.15. The standard InChI is InChI=1S/C25H28N2O5/c1-16-11-12-19-20(13-16)23(30)27(22(19)29)17(2)24(31)32-15-21(28)26(25(3,4)5)14-18-9-7-6-8-10-18/h6-13,17H,14-15H2,1-5H3. The predicted octanol–water partition coefficient (Wildman–Crippen LogP) is 3.35. The number of ether oxygens (including phenoxy) is 1. The van der Waals surface area contributed by atoms with Gasteiger partial charge in [0.2, 0.25) is 0 Å². The Hall–Kier alpha value is -3.48. The van der Waals surface area contributed by atoms with Crippen LogP contribution in [0.5, 0.6) is 0 Å². The third-order valence-corrected chi connectivity index (χ3v) is 5.43. The summed E-state index contributed by atoms with van der Waals surface area (Å²) in [5.74, 6) is -2.25. The van der Waals surface area contributed by atoms with Gasteiger partial charge in [-0.2, -0.15) is 0 Å². The van der Waals surface area contributed by atoms with Crippen LogP contribution in [0.3, 0.4) is 0 Å². The van der Waals surface area contributed by atoms with Gasteiger partial charge in [0, 0.05) is 12.1 Å². The Labute approximate surface area is 188 Å². The average Bonchev–Trinajstić information content (AvgIpc) is 2.99. The number of carbonyl (C=O) groups is 4. The first-order valence-corrected chi connectivity index (χ1v) is 10.5. The van der Waals surface area contributed by atoms with Gasteiger partial charge in [-0.1, -0.05) is 42.0 Å². The zero-order valence-corrected chi connectivity index (χ0v) is 19.0. The lowest BCUT2D eigenvalue weighted by Gasteiger charge is -2.36. The number of aryl methyl sites for hydroxylation is 1. The molecule has 0 spiro atoms. The number of esters is 1. The summed E-state index contributed by atoms with van der Waals surface area (Å²) in [6.45, 7) is 8.84. The highest BCUT2D eigenvalue weighted by molar-refractivity contribution is 6.22. The number of hydrogen-bond donors (Lipinski definition) is 0. The second-order valence-electron chi connectivity index (χ2n) is 8.95. The van der Waals surface area contributed by atoms with Crippen LogP contribution in [-0.2, 0) is 20.9 Å². The highest BCUT2D eigenvalue weighted by atomic mass is 16.5. The van der Waals surface area contributed by atoms with Crippen LogP contribution in [-0.4, -0.2) is 51.7 Å². The van der Waals surface area contributed by atoms with Gasteiger partial charge >= 0.3 is 5.97 Å². The number of rotatable bonds is 6. The van der Waals surface area contributed by atoms with Gasteiger partial charge in [0.25, 0.3) is 17.7 Å². The van der Waals surface area contributed by atoms with E-state index in [-0.39, 0.29) is 17.0 Å². The van der Waals surface area contributed by atoms with Crippen LogP contribution in [0.25, 0.3) is 0 Å². The van der Waals surface area contributed by atoms with E-state index in [1.165, 1.54) is 6.92 Å². The number of amides is 3. The molecule has 0 aromatic heterocycles. The van der Waals surface area contributed by atoms with Gasteiger partial charge in [-0.25, -0.2) is 4.79 Å². The second-order valence-corrected chi connectivity index (χ2v) is 8.95. The van der Waals surface area contributed by atoms with E-state index >= 15 is 0 Å². The van der Waals surface area contributed by atoms with E-state index in [1.807, 2.05) is 58.0 Å². The van der Waals surface area contributed by atoms with Crippen molar-refractivity contribution in [2.45, 2.75) is 52.7 Å². The molecule has 1 aliphatic rings. The molecule has 0 N–H and O–H groups in total. The minimum absolute atomic E-state index is 0.262. The Morgan fingerprint density at radius 1 is 1.00 bits per heavy atom. The maximum atomic E-state index is 12.9. The first-order valence-electron chi connectivity index (χ1n) is 10.5. The highest BCUT2D eigenvalue weighted by Gasteiger charge is 2.41. The average molecular weight is 437 g/mol. The Morgan fingerprint density at radius 2 is 1.62 bits per heavy atom. The summed E-state index contributed by atoms with van der Waals surface area (Å²) in [7, 11) is 0. The molecule has 7 nitrogen and oxygen atoms in total. The van der Waals surface area contributed by atoms with Crippen molar-refractivity contribution in [1.29, 1.82) is 0 Å². The van der Waals surface area contributed by atoms with Crippen molar-refractivity contribution in [2.75, 3.05) is 6.61 Å². The summed E-state index contributed by atoms with van der Waals surface area (Å²) in [6.07, 6.45) is 0. The van der Waals surface area contributed by atoms with Gasteiger partial charge in [-0.3, -0.25) is 19.3 Å². The molecule has 0 saturated carbocycles. The zero-order chi connectivity index (χ0) is 23.6. The molecule has 1 aliphatic heterocycles. The summed E-state index contributed by atoms with van der Waals surface area (Å²) in [4.78, 5) is 53.4. The van der Waals surface area contributed by atoms with Crippen LogP contribution < -0.4 is 0 Å². The lowest BCUT2D eigenvalue weighted by atomic mass is 10.0. The second kappa shape index (κ2) is 8.94. The number of nitrogens with zero attached hydrogens (tertiary/aromatic N) is 2. The van der Waals surface area contributed by atoms with E-state index in [9.17, 15) is 19.2 Å². The molecule has 1 unspecified atom stereocenters. The molecule has 168 valence electrons. The fraction of sp³-hybridized carbons (Fsp3) is 0.360. The Balaban J connectivity index is 1.67. The molecular formula is C25H28N2O5.